The number of benzene rings is 3. The molecule has 3 aromatic carbocycles. The van der Waals surface area contributed by atoms with E-state index in [1.54, 1.807) is 24.3 Å². The maximum Gasteiger partial charge on any atom is 0.269 e. The second-order valence-corrected chi connectivity index (χ2v) is 6.89. The maximum absolute atomic E-state index is 12.3. The zero-order valence-electron chi connectivity index (χ0n) is 16.1. The van der Waals surface area contributed by atoms with Crippen molar-refractivity contribution in [1.29, 1.82) is 0 Å². The van der Waals surface area contributed by atoms with Crippen LogP contribution in [0.3, 0.4) is 0 Å². The van der Waals surface area contributed by atoms with Gasteiger partial charge in [-0.1, -0.05) is 24.3 Å². The smallest absolute Gasteiger partial charge is 0.269 e. The number of hydrogen-bond acceptors (Lipinski definition) is 3. The van der Waals surface area contributed by atoms with Gasteiger partial charge in [-0.25, -0.2) is 0 Å². The summed E-state index contributed by atoms with van der Waals surface area (Å²) in [7, 11) is 1.87. The number of carbonyl (C=O) groups excluding carboxylic acids is 1. The zero-order valence-corrected chi connectivity index (χ0v) is 16.9. The Hall–Kier alpha value is -3.18. The largest absolute Gasteiger partial charge is 0.432 e. The normalized spacial score (nSPS) is 10.2. The lowest BCUT2D eigenvalue weighted by atomic mass is 10.1. The van der Waals surface area contributed by atoms with Gasteiger partial charge >= 0.3 is 0 Å². The number of aryl methyl sites for hydroxylation is 2. The molecule has 0 atom stereocenters. The number of ether oxygens (including phenoxy) is 1. The molecule has 0 bridgehead atoms. The summed E-state index contributed by atoms with van der Waals surface area (Å²) < 4.78 is 5.78. The summed E-state index contributed by atoms with van der Waals surface area (Å²) >= 11 is 5.41. The lowest BCUT2D eigenvalue weighted by Gasteiger charge is -2.21. The molecule has 0 unspecified atom stereocenters. The summed E-state index contributed by atoms with van der Waals surface area (Å²) in [5.74, 6) is 0.407. The molecule has 0 heterocycles. The minimum absolute atomic E-state index is 0.174. The highest BCUT2D eigenvalue weighted by Crippen LogP contribution is 2.20. The van der Waals surface area contributed by atoms with Gasteiger partial charge < -0.3 is 15.0 Å². The van der Waals surface area contributed by atoms with E-state index in [9.17, 15) is 4.79 Å². The highest BCUT2D eigenvalue weighted by atomic mass is 32.1. The van der Waals surface area contributed by atoms with Crippen molar-refractivity contribution < 1.29 is 9.53 Å². The predicted octanol–water partition coefficient (Wildman–Crippen LogP) is 5.36. The standard InChI is InChI=1S/C23H22N2O2S/c1-16-9-12-20(15-17(16)2)25(3)23(28)27-21-13-10-18(11-14-21)22(26)24-19-7-5-4-6-8-19/h4-15H,1-3H3,(H,24,26). The van der Waals surface area contributed by atoms with Gasteiger partial charge in [0.25, 0.3) is 11.1 Å². The van der Waals surface area contributed by atoms with Crippen molar-refractivity contribution in [3.05, 3.63) is 89.5 Å². The number of amides is 1. The number of nitrogens with one attached hydrogen (secondary N) is 1. The molecule has 0 aromatic heterocycles. The van der Waals surface area contributed by atoms with E-state index in [-0.39, 0.29) is 5.91 Å². The zero-order chi connectivity index (χ0) is 20.1. The second kappa shape index (κ2) is 8.67. The lowest BCUT2D eigenvalue weighted by molar-refractivity contribution is 0.102. The van der Waals surface area contributed by atoms with E-state index in [1.807, 2.05) is 48.3 Å². The Bertz CT molecular complexity index is 985. The third-order valence-electron chi connectivity index (χ3n) is 4.50. The fourth-order valence-electron chi connectivity index (χ4n) is 2.61. The van der Waals surface area contributed by atoms with E-state index in [2.05, 4.69) is 31.3 Å². The summed E-state index contributed by atoms with van der Waals surface area (Å²) in [4.78, 5) is 14.1. The molecular formula is C23H22N2O2S. The quantitative estimate of drug-likeness (QED) is 0.609. The average Bonchev–Trinajstić information content (AvgIpc) is 2.70. The highest BCUT2D eigenvalue weighted by Gasteiger charge is 2.11. The molecule has 28 heavy (non-hydrogen) atoms. The monoisotopic (exact) mass is 390 g/mol. The van der Waals surface area contributed by atoms with Gasteiger partial charge in [-0.05, 0) is 85.7 Å². The molecular weight excluding hydrogens is 368 g/mol. The number of anilines is 2. The maximum atomic E-state index is 12.3. The van der Waals surface area contributed by atoms with Crippen LogP contribution in [0.25, 0.3) is 0 Å². The Morgan fingerprint density at radius 2 is 1.61 bits per heavy atom. The number of hydrogen-bond donors (Lipinski definition) is 1. The van der Waals surface area contributed by atoms with Crippen LogP contribution in [-0.4, -0.2) is 18.1 Å². The van der Waals surface area contributed by atoms with Gasteiger partial charge in [0, 0.05) is 24.0 Å². The van der Waals surface area contributed by atoms with E-state index < -0.39 is 0 Å². The van der Waals surface area contributed by atoms with Crippen molar-refractivity contribution in [2.75, 3.05) is 17.3 Å². The van der Waals surface area contributed by atoms with Crippen molar-refractivity contribution in [2.45, 2.75) is 13.8 Å². The van der Waals surface area contributed by atoms with Gasteiger partial charge in [-0.15, -0.1) is 0 Å². The highest BCUT2D eigenvalue weighted by molar-refractivity contribution is 7.80. The Morgan fingerprint density at radius 1 is 0.929 bits per heavy atom. The fourth-order valence-corrected chi connectivity index (χ4v) is 2.81. The van der Waals surface area contributed by atoms with Crippen LogP contribution in [-0.2, 0) is 0 Å². The van der Waals surface area contributed by atoms with Crippen LogP contribution in [0.5, 0.6) is 5.75 Å². The van der Waals surface area contributed by atoms with Gasteiger partial charge in [-0.2, -0.15) is 0 Å². The Labute approximate surface area is 170 Å². The number of para-hydroxylation sites is 1. The molecule has 0 saturated heterocycles. The summed E-state index contributed by atoms with van der Waals surface area (Å²) in [6, 6.07) is 22.4. The van der Waals surface area contributed by atoms with E-state index >= 15 is 0 Å². The van der Waals surface area contributed by atoms with Crippen molar-refractivity contribution in [2.24, 2.45) is 0 Å². The molecule has 0 aliphatic rings. The van der Waals surface area contributed by atoms with Crippen molar-refractivity contribution >= 4 is 34.7 Å². The molecule has 3 aromatic rings. The molecule has 4 nitrogen and oxygen atoms in total. The van der Waals surface area contributed by atoms with Crippen LogP contribution < -0.4 is 15.0 Å². The first-order chi connectivity index (χ1) is 13.4. The first-order valence-electron chi connectivity index (χ1n) is 8.93. The Balaban J connectivity index is 1.64. The van der Waals surface area contributed by atoms with Gasteiger partial charge in [0.15, 0.2) is 0 Å². The molecule has 1 N–H and O–H groups in total. The number of carbonyl (C=O) groups is 1. The SMILES string of the molecule is Cc1ccc(N(C)C(=S)Oc2ccc(C(=O)Nc3ccccc3)cc2)cc1C. The molecule has 0 aliphatic carbocycles. The topological polar surface area (TPSA) is 41.6 Å². The van der Waals surface area contributed by atoms with Gasteiger partial charge in [0.2, 0.25) is 0 Å². The van der Waals surface area contributed by atoms with Crippen molar-refractivity contribution in [3.8, 4) is 5.75 Å². The van der Waals surface area contributed by atoms with E-state index in [0.717, 1.165) is 11.4 Å². The molecule has 1 amide bonds. The number of rotatable bonds is 4. The lowest BCUT2D eigenvalue weighted by Crippen LogP contribution is -2.29. The molecule has 142 valence electrons. The summed E-state index contributed by atoms with van der Waals surface area (Å²) in [5.41, 5.74) is 4.69. The van der Waals surface area contributed by atoms with E-state index in [4.69, 9.17) is 17.0 Å². The fraction of sp³-hybridized carbons (Fsp3) is 0.130. The van der Waals surface area contributed by atoms with E-state index in [1.165, 1.54) is 11.1 Å². The van der Waals surface area contributed by atoms with Crippen LogP contribution in [0.2, 0.25) is 0 Å². The molecule has 0 radical (unpaired) electrons. The van der Waals surface area contributed by atoms with Gasteiger partial charge in [0.1, 0.15) is 5.75 Å². The van der Waals surface area contributed by atoms with Crippen molar-refractivity contribution in [3.63, 3.8) is 0 Å². The van der Waals surface area contributed by atoms with Crippen LogP contribution in [0, 0.1) is 13.8 Å². The van der Waals surface area contributed by atoms with Crippen LogP contribution in [0.4, 0.5) is 11.4 Å². The first kappa shape index (κ1) is 19.6. The average molecular weight is 391 g/mol. The Kier molecular flexibility index (Phi) is 6.06. The van der Waals surface area contributed by atoms with Crippen molar-refractivity contribution in [1.82, 2.24) is 0 Å². The third-order valence-corrected chi connectivity index (χ3v) is 4.86. The molecule has 5 heteroatoms. The second-order valence-electron chi connectivity index (χ2n) is 6.54. The minimum atomic E-state index is -0.174. The van der Waals surface area contributed by atoms with Crippen LogP contribution >= 0.6 is 12.2 Å². The minimum Gasteiger partial charge on any atom is -0.432 e. The Morgan fingerprint density at radius 3 is 2.25 bits per heavy atom. The van der Waals surface area contributed by atoms with Crippen LogP contribution in [0.15, 0.2) is 72.8 Å². The van der Waals surface area contributed by atoms with E-state index in [0.29, 0.717) is 16.5 Å². The summed E-state index contributed by atoms with van der Waals surface area (Å²) in [6.07, 6.45) is 0. The summed E-state index contributed by atoms with van der Waals surface area (Å²) in [6.45, 7) is 4.14. The predicted molar refractivity (Wildman–Crippen MR) is 118 cm³/mol. The van der Waals surface area contributed by atoms with Crippen LogP contribution in [0.1, 0.15) is 21.5 Å². The number of thiocarbonyl (C=S) groups is 1. The molecule has 0 spiro atoms. The first-order valence-corrected chi connectivity index (χ1v) is 9.34. The molecule has 3 rings (SSSR count). The molecule has 0 aliphatic heterocycles. The molecule has 0 fully saturated rings. The van der Waals surface area contributed by atoms with Gasteiger partial charge in [-0.3, -0.25) is 4.79 Å². The number of nitrogens with zero attached hydrogens (tertiary/aromatic N) is 1. The third kappa shape index (κ3) is 4.75. The van der Waals surface area contributed by atoms with Gasteiger partial charge in [0.05, 0.1) is 0 Å². The summed E-state index contributed by atoms with van der Waals surface area (Å²) in [5, 5.41) is 3.19. The molecule has 0 saturated carbocycles.